The van der Waals surface area contributed by atoms with Crippen molar-refractivity contribution < 1.29 is 52.8 Å². The predicted molar refractivity (Wildman–Crippen MR) is 269 cm³/mol. The molecule has 2 fully saturated rings. The number of nitrogens with zero attached hydrogens (tertiary/aromatic N) is 2. The highest BCUT2D eigenvalue weighted by atomic mass is 35.5. The van der Waals surface area contributed by atoms with Gasteiger partial charge in [-0.05, 0) is 75.5 Å². The first-order valence-corrected chi connectivity index (χ1v) is 27.2. The summed E-state index contributed by atoms with van der Waals surface area (Å²) in [5.41, 5.74) is -0.981. The lowest BCUT2D eigenvalue weighted by Crippen LogP contribution is -2.63. The summed E-state index contributed by atoms with van der Waals surface area (Å²) < 4.78 is 29.5. The maximum Gasteiger partial charge on any atom is 0.409 e. The molecule has 2 saturated heterocycles. The average Bonchev–Trinajstić information content (AvgIpc) is 4.00. The van der Waals surface area contributed by atoms with Gasteiger partial charge in [-0.15, -0.1) is 8.58 Å². The number of halogens is 1. The number of amides is 4. The molecule has 3 aliphatic heterocycles. The van der Waals surface area contributed by atoms with Crippen molar-refractivity contribution in [2.75, 3.05) is 51.7 Å². The third-order valence-electron chi connectivity index (χ3n) is 13.5. The fourth-order valence-corrected chi connectivity index (χ4v) is 12.2. The van der Waals surface area contributed by atoms with Crippen molar-refractivity contribution in [1.82, 2.24) is 15.5 Å². The van der Waals surface area contributed by atoms with Gasteiger partial charge in [0.05, 0.1) is 25.3 Å². The van der Waals surface area contributed by atoms with E-state index in [2.05, 4.69) is 38.3 Å². The number of fused-ring (bicyclic) bond motifs is 5. The zero-order valence-electron chi connectivity index (χ0n) is 41.3. The molecule has 15 nitrogen and oxygen atoms in total. The van der Waals surface area contributed by atoms with Gasteiger partial charge in [0.15, 0.2) is 5.72 Å². The lowest BCUT2D eigenvalue weighted by Gasteiger charge is -2.42. The minimum atomic E-state index is -1.84. The molecule has 2 unspecified atom stereocenters. The van der Waals surface area contributed by atoms with Crippen molar-refractivity contribution in [1.29, 1.82) is 0 Å². The van der Waals surface area contributed by atoms with E-state index in [1.807, 2.05) is 13.0 Å². The molecular formula is C48H74ClN4O11PS2. The Labute approximate surface area is 412 Å². The first-order chi connectivity index (χ1) is 31.5. The highest BCUT2D eigenvalue weighted by molar-refractivity contribution is 8.76. The molecule has 19 heteroatoms. The molecule has 10 atom stereocenters. The van der Waals surface area contributed by atoms with E-state index in [0.29, 0.717) is 48.2 Å². The number of methoxy groups -OCH3 is 2. The molecule has 3 N–H and O–H groups in total. The smallest absolute Gasteiger partial charge is 0.409 e. The predicted octanol–water partition coefficient (Wildman–Crippen LogP) is 7.83. The zero-order chi connectivity index (χ0) is 49.9. The summed E-state index contributed by atoms with van der Waals surface area (Å²) in [6.45, 7) is 16.5. The second-order valence-corrected chi connectivity index (χ2v) is 23.8. The summed E-state index contributed by atoms with van der Waals surface area (Å²) in [7, 11) is 10.0. The fourth-order valence-electron chi connectivity index (χ4n) is 8.22. The van der Waals surface area contributed by atoms with Crippen LogP contribution in [0.25, 0.3) is 0 Å². The second kappa shape index (κ2) is 25.2. The van der Waals surface area contributed by atoms with Crippen LogP contribution in [0, 0.1) is 5.92 Å². The zero-order valence-corrected chi connectivity index (χ0v) is 44.7. The summed E-state index contributed by atoms with van der Waals surface area (Å²) in [5.74, 6) is -1.07. The first kappa shape index (κ1) is 56.5. The molecular weight excluding hydrogens is 939 g/mol. The number of carbonyl (C=O) groups excluding carboxylic acids is 5. The molecule has 0 spiro atoms. The molecule has 3 heterocycles. The number of hydrogen-bond donors (Lipinski definition) is 3. The van der Waals surface area contributed by atoms with E-state index in [-0.39, 0.29) is 41.3 Å². The molecule has 3 aliphatic rings. The normalized spacial score (nSPS) is 28.0. The Kier molecular flexibility index (Phi) is 21.2. The van der Waals surface area contributed by atoms with Crippen LogP contribution in [0.4, 0.5) is 10.5 Å². The summed E-state index contributed by atoms with van der Waals surface area (Å²) in [4.78, 5) is 69.9. The van der Waals surface area contributed by atoms with Gasteiger partial charge in [0, 0.05) is 63.9 Å². The van der Waals surface area contributed by atoms with Crippen molar-refractivity contribution in [3.8, 4) is 5.75 Å². The van der Waals surface area contributed by atoms with E-state index in [1.54, 1.807) is 80.7 Å². The molecule has 4 bridgehead atoms. The molecule has 0 radical (unpaired) electrons. The number of rotatable bonds is 19. The maximum atomic E-state index is 14.3. The van der Waals surface area contributed by atoms with Crippen LogP contribution in [0.1, 0.15) is 106 Å². The van der Waals surface area contributed by atoms with Crippen molar-refractivity contribution in [2.45, 2.75) is 159 Å². The monoisotopic (exact) mass is 1010 g/mol. The number of benzene rings is 1. The summed E-state index contributed by atoms with van der Waals surface area (Å²) in [5, 5.41) is 18.2. The number of nitrogens with one attached hydrogen (secondary N) is 2. The number of likely N-dealkylation sites (N-methyl/N-ethyl adjacent to an activating group) is 1. The topological polar surface area (TPSA) is 186 Å². The third kappa shape index (κ3) is 15.2. The molecule has 67 heavy (non-hydrogen) atoms. The molecule has 4 amide bonds. The van der Waals surface area contributed by atoms with E-state index in [1.165, 1.54) is 24.0 Å². The summed E-state index contributed by atoms with van der Waals surface area (Å²) in [6.07, 6.45) is 5.42. The van der Waals surface area contributed by atoms with Crippen LogP contribution in [0.5, 0.6) is 5.75 Å². The Morgan fingerprint density at radius 1 is 1.18 bits per heavy atom. The van der Waals surface area contributed by atoms with E-state index < -0.39 is 65.7 Å². The van der Waals surface area contributed by atoms with E-state index in [0.717, 1.165) is 38.7 Å². The Balaban J connectivity index is 1.45. The minimum Gasteiger partial charge on any atom is -0.495 e. The van der Waals surface area contributed by atoms with Crippen molar-refractivity contribution in [3.05, 3.63) is 46.5 Å². The van der Waals surface area contributed by atoms with Crippen LogP contribution in [-0.2, 0) is 44.5 Å². The lowest BCUT2D eigenvalue weighted by atomic mass is 9.83. The van der Waals surface area contributed by atoms with Gasteiger partial charge in [-0.1, -0.05) is 91.6 Å². The van der Waals surface area contributed by atoms with Crippen molar-refractivity contribution in [2.24, 2.45) is 5.92 Å². The number of hydrogen-bond acceptors (Lipinski definition) is 13. The van der Waals surface area contributed by atoms with Crippen molar-refractivity contribution >= 4 is 77.2 Å². The molecule has 1 aromatic carbocycles. The van der Waals surface area contributed by atoms with Crippen LogP contribution in [0.15, 0.2) is 35.9 Å². The van der Waals surface area contributed by atoms with Crippen LogP contribution in [-0.4, -0.2) is 139 Å². The largest absolute Gasteiger partial charge is 0.495 e. The minimum absolute atomic E-state index is 0.0590. The van der Waals surface area contributed by atoms with Gasteiger partial charge in [-0.2, -0.15) is 0 Å². The molecule has 0 saturated carbocycles. The van der Waals surface area contributed by atoms with Crippen LogP contribution >= 0.6 is 41.8 Å². The summed E-state index contributed by atoms with van der Waals surface area (Å²) >= 11 is 6.82. The Morgan fingerprint density at radius 3 is 2.54 bits per heavy atom. The molecule has 0 aliphatic carbocycles. The third-order valence-corrected chi connectivity index (χ3v) is 18.9. The van der Waals surface area contributed by atoms with Gasteiger partial charge in [-0.25, -0.2) is 9.59 Å². The maximum absolute atomic E-state index is 14.3. The lowest BCUT2D eigenvalue weighted by molar-refractivity contribution is -0.162. The molecule has 4 rings (SSSR count). The fraction of sp³-hybridized carbons (Fsp3) is 0.688. The van der Waals surface area contributed by atoms with Crippen LogP contribution in [0.2, 0.25) is 5.02 Å². The Bertz CT molecular complexity index is 1980. The van der Waals surface area contributed by atoms with E-state index >= 15 is 0 Å². The number of allylic oxidation sites excluding steroid dienone is 3. The Morgan fingerprint density at radius 2 is 1.88 bits per heavy atom. The SMILES string of the molecule is CCC(C)(CC)PCCNC(=O)CCC(C)SSCCC(=O)N(C)[C@@H](C)C(=O)O[C@H]1CC(=O)N(C)c2cc(cc(OC)c2Cl)C/C(C)=C/C=C/[C@@H](OC)[C@@]2(O)C[C@H](OC(=O)N2)[C@@H](C)[C@@H]2O[C@@]12C. The number of esters is 1. The number of ether oxygens (including phenoxy) is 5. The van der Waals surface area contributed by atoms with Gasteiger partial charge in [0.25, 0.3) is 0 Å². The molecule has 0 aromatic heterocycles. The van der Waals surface area contributed by atoms with Crippen LogP contribution in [0.3, 0.4) is 0 Å². The summed E-state index contributed by atoms with van der Waals surface area (Å²) in [6, 6.07) is 2.57. The highest BCUT2D eigenvalue weighted by Crippen LogP contribution is 2.49. The number of aliphatic hydroxyl groups is 1. The molecule has 376 valence electrons. The van der Waals surface area contributed by atoms with Gasteiger partial charge < -0.3 is 43.9 Å². The van der Waals surface area contributed by atoms with Gasteiger partial charge in [0.2, 0.25) is 17.7 Å². The van der Waals surface area contributed by atoms with Gasteiger partial charge in [-0.3, -0.25) is 19.7 Å². The number of carbonyl (C=O) groups is 5. The average molecular weight is 1010 g/mol. The number of anilines is 1. The Hall–Kier alpha value is -3.05. The van der Waals surface area contributed by atoms with Crippen molar-refractivity contribution in [3.63, 3.8) is 0 Å². The van der Waals surface area contributed by atoms with E-state index in [9.17, 15) is 29.1 Å². The first-order valence-electron chi connectivity index (χ1n) is 23.2. The molecule has 1 aromatic rings. The quantitative estimate of drug-likeness (QED) is 0.0401. The van der Waals surface area contributed by atoms with Gasteiger partial charge >= 0.3 is 12.1 Å². The second-order valence-electron chi connectivity index (χ2n) is 18.5. The van der Waals surface area contributed by atoms with Gasteiger partial charge in [0.1, 0.15) is 40.7 Å². The van der Waals surface area contributed by atoms with Crippen LogP contribution < -0.4 is 20.3 Å². The number of epoxide rings is 1. The highest BCUT2D eigenvalue weighted by Gasteiger charge is 2.64. The van der Waals surface area contributed by atoms with E-state index in [4.69, 9.17) is 35.3 Å². The number of alkyl carbamates (subject to hydrolysis) is 1. The standard InChI is InChI=1S/C48H74ClN4O11PS2/c1-13-46(7,14-2)65-22-21-50-39(54)19-18-30(4)67-66-23-20-40(55)52(9)32(6)44(57)63-38-27-41(56)53(10)34-25-33(26-35(60-11)42(34)49)24-29(3)16-15-17-37(61-12)48(59)28-36(62-45(58)51-48)31(5)43-47(38,8)64-43/h15-17,25-26,30-32,36-38,43,59,65H,13-14,18-24,27-28H2,1-12H3,(H,50,54)(H,51,58)/b17-15+,29-16+/t30?,31-,32+,36+,37-,38+,43+,47+,48+/m1/s1.